The normalized spacial score (nSPS) is 20.5. The number of rotatable bonds is 2. The second kappa shape index (κ2) is 4.02. The maximum absolute atomic E-state index is 11.8. The smallest absolute Gasteiger partial charge is 0.228 e. The maximum atomic E-state index is 11.8. The van der Waals surface area contributed by atoms with Crippen molar-refractivity contribution in [3.05, 3.63) is 11.4 Å². The van der Waals surface area contributed by atoms with Gasteiger partial charge in [-0.05, 0) is 26.8 Å². The summed E-state index contributed by atoms with van der Waals surface area (Å²) in [5.74, 6) is 0.186. The number of aromatic nitrogens is 2. The quantitative estimate of drug-likeness (QED) is 0.665. The first-order valence-corrected chi connectivity index (χ1v) is 5.21. The van der Waals surface area contributed by atoms with Crippen LogP contribution in [0.1, 0.15) is 17.8 Å². The Bertz CT molecular complexity index is 346. The number of carbonyl (C=O) groups is 1. The first kappa shape index (κ1) is 10.2. The minimum Gasteiger partial charge on any atom is -0.323 e. The SMILES string of the molecule is Cc1n[nH]c(C)c1NC(=O)[C@H]1CCNC1. The van der Waals surface area contributed by atoms with Crippen LogP contribution in [0.25, 0.3) is 0 Å². The van der Waals surface area contributed by atoms with Gasteiger partial charge >= 0.3 is 0 Å². The highest BCUT2D eigenvalue weighted by molar-refractivity contribution is 5.93. The lowest BCUT2D eigenvalue weighted by molar-refractivity contribution is -0.119. The number of hydrogen-bond donors (Lipinski definition) is 3. The van der Waals surface area contributed by atoms with E-state index in [9.17, 15) is 4.79 Å². The molecule has 2 rings (SSSR count). The first-order chi connectivity index (χ1) is 7.18. The minimum absolute atomic E-state index is 0.0904. The van der Waals surface area contributed by atoms with Crippen LogP contribution >= 0.6 is 0 Å². The van der Waals surface area contributed by atoms with E-state index < -0.39 is 0 Å². The van der Waals surface area contributed by atoms with E-state index >= 15 is 0 Å². The van der Waals surface area contributed by atoms with Crippen molar-refractivity contribution in [1.82, 2.24) is 15.5 Å². The van der Waals surface area contributed by atoms with Gasteiger partial charge in [-0.3, -0.25) is 9.89 Å². The molecule has 2 heterocycles. The predicted octanol–water partition coefficient (Wildman–Crippen LogP) is 0.575. The highest BCUT2D eigenvalue weighted by Gasteiger charge is 2.23. The van der Waals surface area contributed by atoms with Crippen LogP contribution in [-0.4, -0.2) is 29.2 Å². The van der Waals surface area contributed by atoms with Crippen molar-refractivity contribution in [3.8, 4) is 0 Å². The molecular formula is C10H16N4O. The van der Waals surface area contributed by atoms with E-state index in [2.05, 4.69) is 20.8 Å². The number of H-pyrrole nitrogens is 1. The molecule has 1 aliphatic rings. The van der Waals surface area contributed by atoms with Crippen molar-refractivity contribution < 1.29 is 4.79 Å². The van der Waals surface area contributed by atoms with Gasteiger partial charge in [0.2, 0.25) is 5.91 Å². The van der Waals surface area contributed by atoms with Gasteiger partial charge in [0.15, 0.2) is 0 Å². The molecule has 5 nitrogen and oxygen atoms in total. The molecule has 1 amide bonds. The molecule has 1 aromatic heterocycles. The lowest BCUT2D eigenvalue weighted by Gasteiger charge is -2.09. The summed E-state index contributed by atoms with van der Waals surface area (Å²) in [5, 5.41) is 13.0. The number of amides is 1. The Kier molecular flexibility index (Phi) is 2.73. The number of anilines is 1. The molecule has 1 fully saturated rings. The Labute approximate surface area is 88.6 Å². The van der Waals surface area contributed by atoms with Crippen molar-refractivity contribution in [2.24, 2.45) is 5.92 Å². The highest BCUT2D eigenvalue weighted by atomic mass is 16.1. The van der Waals surface area contributed by atoms with E-state index in [1.54, 1.807) is 0 Å². The van der Waals surface area contributed by atoms with Crippen molar-refractivity contribution >= 4 is 11.6 Å². The van der Waals surface area contributed by atoms with Crippen LogP contribution in [0.15, 0.2) is 0 Å². The van der Waals surface area contributed by atoms with Crippen LogP contribution in [0.2, 0.25) is 0 Å². The fourth-order valence-corrected chi connectivity index (χ4v) is 1.84. The van der Waals surface area contributed by atoms with E-state index in [0.717, 1.165) is 36.6 Å². The fraction of sp³-hybridized carbons (Fsp3) is 0.600. The van der Waals surface area contributed by atoms with Gasteiger partial charge < -0.3 is 10.6 Å². The van der Waals surface area contributed by atoms with Crippen LogP contribution < -0.4 is 10.6 Å². The molecule has 0 bridgehead atoms. The Morgan fingerprint density at radius 1 is 1.53 bits per heavy atom. The minimum atomic E-state index is 0.0904. The summed E-state index contributed by atoms with van der Waals surface area (Å²) in [5.41, 5.74) is 2.57. The Hall–Kier alpha value is -1.36. The number of nitrogens with one attached hydrogen (secondary N) is 3. The average molecular weight is 208 g/mol. The highest BCUT2D eigenvalue weighted by Crippen LogP contribution is 2.18. The molecule has 1 aromatic rings. The second-order valence-electron chi connectivity index (χ2n) is 3.99. The zero-order valence-electron chi connectivity index (χ0n) is 9.05. The largest absolute Gasteiger partial charge is 0.323 e. The molecule has 0 saturated carbocycles. The molecular weight excluding hydrogens is 192 g/mol. The molecule has 1 aliphatic heterocycles. The van der Waals surface area contributed by atoms with Gasteiger partial charge in [-0.25, -0.2) is 0 Å². The van der Waals surface area contributed by atoms with E-state index in [1.807, 2.05) is 13.8 Å². The Morgan fingerprint density at radius 3 is 2.87 bits per heavy atom. The number of carbonyl (C=O) groups excluding carboxylic acids is 1. The van der Waals surface area contributed by atoms with E-state index in [0.29, 0.717) is 0 Å². The van der Waals surface area contributed by atoms with Crippen molar-refractivity contribution in [2.45, 2.75) is 20.3 Å². The molecule has 0 aliphatic carbocycles. The van der Waals surface area contributed by atoms with Crippen molar-refractivity contribution in [1.29, 1.82) is 0 Å². The van der Waals surface area contributed by atoms with Gasteiger partial charge in [-0.1, -0.05) is 0 Å². The predicted molar refractivity (Wildman–Crippen MR) is 57.7 cm³/mol. The maximum Gasteiger partial charge on any atom is 0.228 e. The molecule has 0 aromatic carbocycles. The molecule has 3 N–H and O–H groups in total. The van der Waals surface area contributed by atoms with Gasteiger partial charge in [0.25, 0.3) is 0 Å². The Balaban J connectivity index is 2.05. The van der Waals surface area contributed by atoms with Crippen molar-refractivity contribution in [3.63, 3.8) is 0 Å². The van der Waals surface area contributed by atoms with E-state index in [4.69, 9.17) is 0 Å². The summed E-state index contributed by atoms with van der Waals surface area (Å²) in [4.78, 5) is 11.8. The van der Waals surface area contributed by atoms with Crippen LogP contribution in [-0.2, 0) is 4.79 Å². The molecule has 5 heteroatoms. The van der Waals surface area contributed by atoms with E-state index in [1.165, 1.54) is 0 Å². The lowest BCUT2D eigenvalue weighted by atomic mass is 10.1. The first-order valence-electron chi connectivity index (χ1n) is 5.21. The Morgan fingerprint density at radius 2 is 2.33 bits per heavy atom. The molecule has 1 saturated heterocycles. The summed E-state index contributed by atoms with van der Waals surface area (Å²) in [6, 6.07) is 0. The van der Waals surface area contributed by atoms with Crippen molar-refractivity contribution in [2.75, 3.05) is 18.4 Å². The molecule has 0 spiro atoms. The zero-order valence-corrected chi connectivity index (χ0v) is 9.05. The zero-order chi connectivity index (χ0) is 10.8. The summed E-state index contributed by atoms with van der Waals surface area (Å²) in [6.45, 7) is 5.50. The molecule has 0 radical (unpaired) electrons. The van der Waals surface area contributed by atoms with Crippen LogP contribution in [0.5, 0.6) is 0 Å². The average Bonchev–Trinajstić information content (AvgIpc) is 2.82. The number of hydrogen-bond acceptors (Lipinski definition) is 3. The third kappa shape index (κ3) is 2.02. The van der Waals surface area contributed by atoms with Gasteiger partial charge in [0.1, 0.15) is 0 Å². The number of aromatic amines is 1. The number of nitrogens with zero attached hydrogens (tertiary/aromatic N) is 1. The molecule has 1 atom stereocenters. The fourth-order valence-electron chi connectivity index (χ4n) is 1.84. The van der Waals surface area contributed by atoms with Crippen LogP contribution in [0.4, 0.5) is 5.69 Å². The third-order valence-electron chi connectivity index (χ3n) is 2.81. The topological polar surface area (TPSA) is 69.8 Å². The van der Waals surface area contributed by atoms with Crippen LogP contribution in [0.3, 0.4) is 0 Å². The summed E-state index contributed by atoms with van der Waals surface area (Å²) in [6.07, 6.45) is 0.918. The van der Waals surface area contributed by atoms with Gasteiger partial charge in [-0.15, -0.1) is 0 Å². The molecule has 15 heavy (non-hydrogen) atoms. The second-order valence-corrected chi connectivity index (χ2v) is 3.99. The van der Waals surface area contributed by atoms with Crippen LogP contribution in [0, 0.1) is 19.8 Å². The third-order valence-corrected chi connectivity index (χ3v) is 2.81. The lowest BCUT2D eigenvalue weighted by Crippen LogP contribution is -2.25. The summed E-state index contributed by atoms with van der Waals surface area (Å²) >= 11 is 0. The molecule has 82 valence electrons. The standard InChI is InChI=1S/C10H16N4O/c1-6-9(7(2)14-13-6)12-10(15)8-3-4-11-5-8/h8,11H,3-5H2,1-2H3,(H,12,15)(H,13,14)/t8-/m0/s1. The van der Waals surface area contributed by atoms with Gasteiger partial charge in [0, 0.05) is 6.54 Å². The monoisotopic (exact) mass is 208 g/mol. The van der Waals surface area contributed by atoms with Gasteiger partial charge in [-0.2, -0.15) is 5.10 Å². The van der Waals surface area contributed by atoms with Gasteiger partial charge in [0.05, 0.1) is 23.0 Å². The summed E-state index contributed by atoms with van der Waals surface area (Å²) < 4.78 is 0. The van der Waals surface area contributed by atoms with E-state index in [-0.39, 0.29) is 11.8 Å². The molecule has 0 unspecified atom stereocenters. The number of aryl methyl sites for hydroxylation is 2. The summed E-state index contributed by atoms with van der Waals surface area (Å²) in [7, 11) is 0.